The quantitative estimate of drug-likeness (QED) is 0.211. The highest BCUT2D eigenvalue weighted by atomic mass is 35.5. The third-order valence-corrected chi connectivity index (χ3v) is 7.12. The molecule has 1 aliphatic heterocycles. The lowest BCUT2D eigenvalue weighted by Crippen LogP contribution is -2.25. The Hall–Kier alpha value is -4.07. The molecule has 12 nitrogen and oxygen atoms in total. The number of sulfonamides is 1. The van der Waals surface area contributed by atoms with Gasteiger partial charge in [0.15, 0.2) is 5.82 Å². The highest BCUT2D eigenvalue weighted by Crippen LogP contribution is 2.38. The first-order chi connectivity index (χ1) is 19.5. The minimum absolute atomic E-state index is 0.0706. The van der Waals surface area contributed by atoms with E-state index in [-0.39, 0.29) is 22.4 Å². The Morgan fingerprint density at radius 3 is 2.49 bits per heavy atom. The normalized spacial score (nSPS) is 13.4. The van der Waals surface area contributed by atoms with Gasteiger partial charge in [0.1, 0.15) is 23.1 Å². The third kappa shape index (κ3) is 7.99. The molecule has 0 saturated carbocycles. The Labute approximate surface area is 244 Å². The Morgan fingerprint density at radius 1 is 1.12 bits per heavy atom. The van der Waals surface area contributed by atoms with E-state index in [9.17, 15) is 13.2 Å². The number of ether oxygens (including phenoxy) is 2. The van der Waals surface area contributed by atoms with Crippen LogP contribution in [0.25, 0.3) is 5.57 Å². The number of primary amides is 1. The van der Waals surface area contributed by atoms with Crippen LogP contribution in [0.3, 0.4) is 0 Å². The molecule has 1 saturated heterocycles. The summed E-state index contributed by atoms with van der Waals surface area (Å²) in [5.74, 6) is 0.473. The Kier molecular flexibility index (Phi) is 9.53. The van der Waals surface area contributed by atoms with Gasteiger partial charge in [-0.1, -0.05) is 30.3 Å². The molecule has 1 aliphatic rings. The molecule has 0 unspecified atom stereocenters. The molecular formula is C27H32ClN7O5S. The van der Waals surface area contributed by atoms with Crippen LogP contribution in [0.2, 0.25) is 5.02 Å². The van der Waals surface area contributed by atoms with Gasteiger partial charge < -0.3 is 25.8 Å². The van der Waals surface area contributed by atoms with Crippen molar-refractivity contribution in [2.75, 3.05) is 55.0 Å². The monoisotopic (exact) mass is 601 g/mol. The molecule has 218 valence electrons. The lowest BCUT2D eigenvalue weighted by atomic mass is 10.0. The summed E-state index contributed by atoms with van der Waals surface area (Å²) in [4.78, 5) is 23.1. The lowest BCUT2D eigenvalue weighted by Gasteiger charge is -2.19. The van der Waals surface area contributed by atoms with E-state index in [4.69, 9.17) is 26.8 Å². The summed E-state index contributed by atoms with van der Waals surface area (Å²) in [5.41, 5.74) is 7.19. The van der Waals surface area contributed by atoms with Gasteiger partial charge in [0.2, 0.25) is 21.9 Å². The maximum Gasteiger partial charge on any atom is 0.248 e. The smallest absolute Gasteiger partial charge is 0.248 e. The van der Waals surface area contributed by atoms with Gasteiger partial charge in [0.25, 0.3) is 0 Å². The molecule has 5 N–H and O–H groups in total. The number of hydrogen-bond donors (Lipinski definition) is 4. The number of nitrogens with zero attached hydrogens (tertiary/aromatic N) is 3. The summed E-state index contributed by atoms with van der Waals surface area (Å²) in [6.45, 7) is 7.08. The van der Waals surface area contributed by atoms with Gasteiger partial charge >= 0.3 is 0 Å². The number of hydrogen-bond acceptors (Lipinski definition) is 10. The fourth-order valence-corrected chi connectivity index (χ4v) is 4.97. The molecule has 3 aromatic rings. The van der Waals surface area contributed by atoms with Crippen LogP contribution < -0.4 is 30.6 Å². The molecule has 0 spiro atoms. The molecular weight excluding hydrogens is 570 g/mol. The number of carbonyl (C=O) groups is 1. The molecule has 0 aliphatic carbocycles. The van der Waals surface area contributed by atoms with Gasteiger partial charge in [0.05, 0.1) is 36.6 Å². The standard InChI is InChI=1S/C27H32ClN7O5S/c1-17(25(29)36)18-14-22(24(39-2)15-23(18)40-13-12-35-10-6-7-11-35)32-27-30-16-19(28)26(33-27)31-20-8-4-5-9-21(20)34-41(3,37)38/h4-5,8-9,14-16,34H,1,6-7,10-13H2,2-3H3,(H2,29,36)(H2,30,31,32,33). The summed E-state index contributed by atoms with van der Waals surface area (Å²) in [6, 6.07) is 9.98. The van der Waals surface area contributed by atoms with Crippen LogP contribution in [0.1, 0.15) is 18.4 Å². The zero-order valence-electron chi connectivity index (χ0n) is 22.7. The molecule has 1 fully saturated rings. The van der Waals surface area contributed by atoms with Crippen molar-refractivity contribution in [3.63, 3.8) is 0 Å². The van der Waals surface area contributed by atoms with E-state index < -0.39 is 15.9 Å². The molecule has 4 rings (SSSR count). The van der Waals surface area contributed by atoms with Crippen molar-refractivity contribution < 1.29 is 22.7 Å². The first-order valence-electron chi connectivity index (χ1n) is 12.7. The zero-order valence-corrected chi connectivity index (χ0v) is 24.3. The van der Waals surface area contributed by atoms with Crippen molar-refractivity contribution in [1.29, 1.82) is 0 Å². The van der Waals surface area contributed by atoms with Crippen molar-refractivity contribution in [3.8, 4) is 11.5 Å². The second-order valence-electron chi connectivity index (χ2n) is 9.35. The van der Waals surface area contributed by atoms with Crippen molar-refractivity contribution in [2.24, 2.45) is 5.73 Å². The van der Waals surface area contributed by atoms with E-state index in [1.165, 1.54) is 26.1 Å². The molecule has 2 heterocycles. The summed E-state index contributed by atoms with van der Waals surface area (Å²) in [7, 11) is -2.03. The zero-order chi connectivity index (χ0) is 29.6. The van der Waals surface area contributed by atoms with Crippen molar-refractivity contribution in [1.82, 2.24) is 14.9 Å². The second kappa shape index (κ2) is 13.1. The molecule has 14 heteroatoms. The Bertz CT molecular complexity index is 1540. The highest BCUT2D eigenvalue weighted by molar-refractivity contribution is 7.92. The number of aromatic nitrogens is 2. The summed E-state index contributed by atoms with van der Waals surface area (Å²) >= 11 is 6.35. The van der Waals surface area contributed by atoms with E-state index in [2.05, 4.69) is 36.8 Å². The van der Waals surface area contributed by atoms with E-state index in [0.717, 1.165) is 25.9 Å². The number of nitrogens with two attached hydrogens (primary N) is 1. The Morgan fingerprint density at radius 2 is 1.83 bits per heavy atom. The van der Waals surface area contributed by atoms with Crippen LogP contribution in [0.5, 0.6) is 11.5 Å². The Balaban J connectivity index is 1.61. The van der Waals surface area contributed by atoms with E-state index >= 15 is 0 Å². The van der Waals surface area contributed by atoms with Crippen molar-refractivity contribution in [3.05, 3.63) is 59.8 Å². The predicted octanol–water partition coefficient (Wildman–Crippen LogP) is 3.97. The topological polar surface area (TPSA) is 161 Å². The molecule has 0 bridgehead atoms. The molecule has 41 heavy (non-hydrogen) atoms. The van der Waals surface area contributed by atoms with Crippen LogP contribution in [-0.2, 0) is 14.8 Å². The molecule has 0 atom stereocenters. The largest absolute Gasteiger partial charge is 0.494 e. The lowest BCUT2D eigenvalue weighted by molar-refractivity contribution is -0.112. The minimum Gasteiger partial charge on any atom is -0.494 e. The molecule has 1 amide bonds. The van der Waals surface area contributed by atoms with E-state index in [1.54, 1.807) is 36.4 Å². The van der Waals surface area contributed by atoms with Gasteiger partial charge in [-0.15, -0.1) is 0 Å². The average Bonchev–Trinajstić information content (AvgIpc) is 3.44. The van der Waals surface area contributed by atoms with Crippen LogP contribution >= 0.6 is 11.6 Å². The van der Waals surface area contributed by atoms with Gasteiger partial charge in [-0.2, -0.15) is 4.98 Å². The van der Waals surface area contributed by atoms with Gasteiger partial charge in [-0.05, 0) is 44.1 Å². The number of likely N-dealkylation sites (tertiary alicyclic amines) is 1. The molecule has 2 aromatic carbocycles. The van der Waals surface area contributed by atoms with Crippen LogP contribution in [0, 0.1) is 0 Å². The maximum absolute atomic E-state index is 12.0. The number of halogens is 1. The van der Waals surface area contributed by atoms with E-state index in [0.29, 0.717) is 40.7 Å². The number of amides is 1. The number of rotatable bonds is 13. The highest BCUT2D eigenvalue weighted by Gasteiger charge is 2.19. The second-order valence-corrected chi connectivity index (χ2v) is 11.5. The van der Waals surface area contributed by atoms with Crippen LogP contribution in [0.4, 0.5) is 28.8 Å². The first-order valence-corrected chi connectivity index (χ1v) is 15.0. The number of methoxy groups -OCH3 is 1. The minimum atomic E-state index is -3.52. The van der Waals surface area contributed by atoms with Crippen molar-refractivity contribution >= 4 is 61.9 Å². The van der Waals surface area contributed by atoms with Crippen molar-refractivity contribution in [2.45, 2.75) is 12.8 Å². The molecule has 1 aromatic heterocycles. The van der Waals surface area contributed by atoms with Gasteiger partial charge in [-0.25, -0.2) is 13.4 Å². The van der Waals surface area contributed by atoms with Crippen LogP contribution in [0.15, 0.2) is 49.2 Å². The maximum atomic E-state index is 12.0. The number of para-hydroxylation sites is 2. The fraction of sp³-hybridized carbons (Fsp3) is 0.296. The third-order valence-electron chi connectivity index (χ3n) is 6.25. The number of anilines is 5. The predicted molar refractivity (Wildman–Crippen MR) is 161 cm³/mol. The fourth-order valence-electron chi connectivity index (χ4n) is 4.25. The molecule has 0 radical (unpaired) electrons. The number of nitrogens with one attached hydrogen (secondary N) is 3. The summed E-state index contributed by atoms with van der Waals surface area (Å²) in [6.07, 6.45) is 4.79. The summed E-state index contributed by atoms with van der Waals surface area (Å²) < 4.78 is 37.7. The van der Waals surface area contributed by atoms with Crippen LogP contribution in [-0.4, -0.2) is 68.8 Å². The van der Waals surface area contributed by atoms with Gasteiger partial charge in [-0.3, -0.25) is 14.4 Å². The van der Waals surface area contributed by atoms with E-state index in [1.807, 2.05) is 0 Å². The first kappa shape index (κ1) is 29.9. The number of carbonyl (C=O) groups excluding carboxylic acids is 1. The average molecular weight is 602 g/mol. The summed E-state index contributed by atoms with van der Waals surface area (Å²) in [5, 5.41) is 6.31. The van der Waals surface area contributed by atoms with Gasteiger partial charge in [0, 0.05) is 23.7 Å². The number of benzene rings is 2. The SMILES string of the molecule is C=C(C(N)=O)c1cc(Nc2ncc(Cl)c(Nc3ccccc3NS(C)(=O)=O)n2)c(OC)cc1OCCN1CCCC1.